The van der Waals surface area contributed by atoms with Gasteiger partial charge in [-0.15, -0.1) is 0 Å². The van der Waals surface area contributed by atoms with Crippen molar-refractivity contribution in [1.82, 2.24) is 4.90 Å². The zero-order valence-electron chi connectivity index (χ0n) is 8.60. The number of piperidine rings is 1. The standard InChI is InChI=1S/C10H13F2NO3/c11-10(12)7-2-1-5-13(6-7)8(14)3-4-9(15)16/h3-4,7,10H,1-2,5-6H2,(H,15,16)/b4-3+/t7-/m1/s1. The van der Waals surface area contributed by atoms with Crippen molar-refractivity contribution >= 4 is 11.9 Å². The topological polar surface area (TPSA) is 57.6 Å². The van der Waals surface area contributed by atoms with Gasteiger partial charge >= 0.3 is 5.97 Å². The van der Waals surface area contributed by atoms with Crippen molar-refractivity contribution in [3.05, 3.63) is 12.2 Å². The molecule has 1 atom stereocenters. The molecule has 1 aliphatic rings. The van der Waals surface area contributed by atoms with Gasteiger partial charge in [0.05, 0.1) is 0 Å². The predicted octanol–water partition coefficient (Wildman–Crippen LogP) is 1.13. The van der Waals surface area contributed by atoms with Gasteiger partial charge in [-0.1, -0.05) is 0 Å². The monoisotopic (exact) mass is 233 g/mol. The fourth-order valence-electron chi connectivity index (χ4n) is 1.66. The molecule has 4 nitrogen and oxygen atoms in total. The summed E-state index contributed by atoms with van der Waals surface area (Å²) in [5.74, 6) is -2.54. The number of aliphatic carboxylic acids is 1. The first-order valence-electron chi connectivity index (χ1n) is 4.98. The summed E-state index contributed by atoms with van der Waals surface area (Å²) in [6.07, 6.45) is 0.120. The number of carboxylic acid groups (broad SMARTS) is 1. The Hall–Kier alpha value is -1.46. The number of nitrogens with zero attached hydrogens (tertiary/aromatic N) is 1. The van der Waals surface area contributed by atoms with E-state index in [1.165, 1.54) is 4.90 Å². The van der Waals surface area contributed by atoms with Crippen LogP contribution in [0.5, 0.6) is 0 Å². The lowest BCUT2D eigenvalue weighted by Gasteiger charge is -2.31. The highest BCUT2D eigenvalue weighted by Gasteiger charge is 2.28. The minimum atomic E-state index is -2.43. The number of alkyl halides is 2. The number of halogens is 2. The van der Waals surface area contributed by atoms with Crippen LogP contribution in [0.4, 0.5) is 8.78 Å². The van der Waals surface area contributed by atoms with E-state index in [9.17, 15) is 18.4 Å². The van der Waals surface area contributed by atoms with Crippen molar-refractivity contribution in [1.29, 1.82) is 0 Å². The van der Waals surface area contributed by atoms with Gasteiger partial charge in [-0.3, -0.25) is 4.79 Å². The average molecular weight is 233 g/mol. The normalized spacial score (nSPS) is 21.7. The molecule has 0 aromatic carbocycles. The lowest BCUT2D eigenvalue weighted by Crippen LogP contribution is -2.41. The van der Waals surface area contributed by atoms with E-state index in [0.717, 1.165) is 6.08 Å². The maximum absolute atomic E-state index is 12.4. The first kappa shape index (κ1) is 12.6. The Morgan fingerprint density at radius 3 is 2.62 bits per heavy atom. The number of likely N-dealkylation sites (tertiary alicyclic amines) is 1. The molecule has 1 amide bonds. The van der Waals surface area contributed by atoms with Crippen molar-refractivity contribution in [3.8, 4) is 0 Å². The molecule has 1 heterocycles. The molecule has 6 heteroatoms. The van der Waals surface area contributed by atoms with Crippen LogP contribution in [0.1, 0.15) is 12.8 Å². The molecule has 0 aromatic heterocycles. The lowest BCUT2D eigenvalue weighted by molar-refractivity contribution is -0.133. The minimum Gasteiger partial charge on any atom is -0.478 e. The summed E-state index contributed by atoms with van der Waals surface area (Å²) in [4.78, 5) is 22.8. The van der Waals surface area contributed by atoms with Gasteiger partial charge in [0, 0.05) is 31.2 Å². The van der Waals surface area contributed by atoms with Crippen LogP contribution in [0.25, 0.3) is 0 Å². The molecule has 0 bridgehead atoms. The van der Waals surface area contributed by atoms with E-state index in [0.29, 0.717) is 25.5 Å². The number of carbonyl (C=O) groups excluding carboxylic acids is 1. The van der Waals surface area contributed by atoms with Crippen molar-refractivity contribution < 1.29 is 23.5 Å². The molecule has 1 rings (SSSR count). The second-order valence-electron chi connectivity index (χ2n) is 3.69. The van der Waals surface area contributed by atoms with Gasteiger partial charge in [0.25, 0.3) is 0 Å². The van der Waals surface area contributed by atoms with Gasteiger partial charge in [-0.05, 0) is 12.8 Å². The predicted molar refractivity (Wildman–Crippen MR) is 52.1 cm³/mol. The number of carbonyl (C=O) groups is 2. The molecule has 16 heavy (non-hydrogen) atoms. The summed E-state index contributed by atoms with van der Waals surface area (Å²) in [5, 5.41) is 8.32. The number of hydrogen-bond acceptors (Lipinski definition) is 2. The highest BCUT2D eigenvalue weighted by atomic mass is 19.3. The Kier molecular flexibility index (Phi) is 4.39. The third kappa shape index (κ3) is 3.60. The second kappa shape index (κ2) is 5.58. The van der Waals surface area contributed by atoms with Crippen molar-refractivity contribution in [2.75, 3.05) is 13.1 Å². The van der Waals surface area contributed by atoms with Crippen LogP contribution in [-0.4, -0.2) is 41.4 Å². The fourth-order valence-corrected chi connectivity index (χ4v) is 1.66. The molecule has 0 spiro atoms. The Balaban J connectivity index is 2.53. The molecular weight excluding hydrogens is 220 g/mol. The summed E-state index contributed by atoms with van der Waals surface area (Å²) < 4.78 is 24.8. The Labute approximate surface area is 91.5 Å². The van der Waals surface area contributed by atoms with E-state index < -0.39 is 24.2 Å². The lowest BCUT2D eigenvalue weighted by atomic mass is 9.98. The molecule has 1 fully saturated rings. The quantitative estimate of drug-likeness (QED) is 0.743. The molecule has 0 aromatic rings. The van der Waals surface area contributed by atoms with Gasteiger partial charge in [-0.2, -0.15) is 0 Å². The van der Waals surface area contributed by atoms with E-state index in [4.69, 9.17) is 5.11 Å². The molecule has 0 aliphatic carbocycles. The Morgan fingerprint density at radius 1 is 1.38 bits per heavy atom. The zero-order chi connectivity index (χ0) is 12.1. The van der Waals surface area contributed by atoms with Crippen LogP contribution in [0.2, 0.25) is 0 Å². The van der Waals surface area contributed by atoms with Crippen LogP contribution in [0.15, 0.2) is 12.2 Å². The highest BCUT2D eigenvalue weighted by molar-refractivity contribution is 5.93. The molecule has 1 saturated heterocycles. The van der Waals surface area contributed by atoms with Gasteiger partial charge in [-0.25, -0.2) is 13.6 Å². The van der Waals surface area contributed by atoms with E-state index in [2.05, 4.69) is 0 Å². The fraction of sp³-hybridized carbons (Fsp3) is 0.600. The number of rotatable bonds is 3. The summed E-state index contributed by atoms with van der Waals surface area (Å²) in [6.45, 7) is 0.409. The third-order valence-corrected chi connectivity index (χ3v) is 2.49. The van der Waals surface area contributed by atoms with Crippen LogP contribution >= 0.6 is 0 Å². The summed E-state index contributed by atoms with van der Waals surface area (Å²) in [5.41, 5.74) is 0. The van der Waals surface area contributed by atoms with Crippen LogP contribution < -0.4 is 0 Å². The van der Waals surface area contributed by atoms with Gasteiger partial charge < -0.3 is 10.0 Å². The Morgan fingerprint density at radius 2 is 2.06 bits per heavy atom. The number of carboxylic acids is 1. The molecular formula is C10H13F2NO3. The first-order valence-corrected chi connectivity index (χ1v) is 4.98. The van der Waals surface area contributed by atoms with Gasteiger partial charge in [0.1, 0.15) is 0 Å². The third-order valence-electron chi connectivity index (χ3n) is 2.49. The summed E-state index contributed by atoms with van der Waals surface area (Å²) >= 11 is 0. The largest absolute Gasteiger partial charge is 0.478 e. The molecule has 90 valence electrons. The maximum atomic E-state index is 12.4. The van der Waals surface area contributed by atoms with Crippen molar-refractivity contribution in [2.45, 2.75) is 19.3 Å². The molecule has 1 aliphatic heterocycles. The van der Waals surface area contributed by atoms with Crippen molar-refractivity contribution in [2.24, 2.45) is 5.92 Å². The molecule has 0 saturated carbocycles. The SMILES string of the molecule is O=C(O)/C=C/C(=O)N1CCC[C@@H](C(F)F)C1. The smallest absolute Gasteiger partial charge is 0.328 e. The number of hydrogen-bond donors (Lipinski definition) is 1. The average Bonchev–Trinajstić information content (AvgIpc) is 2.26. The molecule has 0 unspecified atom stereocenters. The maximum Gasteiger partial charge on any atom is 0.328 e. The molecule has 1 N–H and O–H groups in total. The van der Waals surface area contributed by atoms with Crippen LogP contribution in [0, 0.1) is 5.92 Å². The van der Waals surface area contributed by atoms with E-state index in [-0.39, 0.29) is 6.54 Å². The second-order valence-corrected chi connectivity index (χ2v) is 3.69. The van der Waals surface area contributed by atoms with Gasteiger partial charge in [0.2, 0.25) is 12.3 Å². The summed E-state index contributed by atoms with van der Waals surface area (Å²) in [6, 6.07) is 0. The van der Waals surface area contributed by atoms with E-state index >= 15 is 0 Å². The van der Waals surface area contributed by atoms with Crippen LogP contribution in [0.3, 0.4) is 0 Å². The van der Waals surface area contributed by atoms with E-state index in [1.807, 2.05) is 0 Å². The summed E-state index contributed by atoms with van der Waals surface area (Å²) in [7, 11) is 0. The first-order chi connectivity index (χ1) is 7.50. The Bertz CT molecular complexity index is 304. The van der Waals surface area contributed by atoms with Crippen molar-refractivity contribution in [3.63, 3.8) is 0 Å². The van der Waals surface area contributed by atoms with Gasteiger partial charge in [0.15, 0.2) is 0 Å². The number of amides is 1. The molecule has 0 radical (unpaired) electrons. The highest BCUT2D eigenvalue weighted by Crippen LogP contribution is 2.22. The van der Waals surface area contributed by atoms with Crippen LogP contribution in [-0.2, 0) is 9.59 Å². The van der Waals surface area contributed by atoms with E-state index in [1.54, 1.807) is 0 Å². The minimum absolute atomic E-state index is 0.000455. The zero-order valence-corrected chi connectivity index (χ0v) is 8.60.